The monoisotopic (exact) mass is 517 g/mol. The number of likely N-dealkylation sites (N-methyl/N-ethyl adjacent to an activating group) is 1. The maximum Gasteiger partial charge on any atom is 0.259 e. The van der Waals surface area contributed by atoms with Crippen LogP contribution in [0.15, 0.2) is 42.6 Å². The van der Waals surface area contributed by atoms with E-state index in [1.807, 2.05) is 51.2 Å². The third-order valence-electron chi connectivity index (χ3n) is 7.67. The summed E-state index contributed by atoms with van der Waals surface area (Å²) in [6.07, 6.45) is 7.16. The Hall–Kier alpha value is -3.37. The molecule has 0 bridgehead atoms. The van der Waals surface area contributed by atoms with E-state index in [4.69, 9.17) is 4.74 Å². The third-order valence-corrected chi connectivity index (χ3v) is 7.67. The molecule has 1 fully saturated rings. The Morgan fingerprint density at radius 2 is 1.97 bits per heavy atom. The molecule has 1 N–H and O–H groups in total. The fourth-order valence-corrected chi connectivity index (χ4v) is 5.25. The first-order valence-electron chi connectivity index (χ1n) is 13.7. The molecule has 4 rings (SSSR count). The molecule has 0 radical (unpaired) electrons. The van der Waals surface area contributed by atoms with Crippen molar-refractivity contribution < 1.29 is 19.4 Å². The number of rotatable bonds is 6. The number of benzene rings is 1. The van der Waals surface area contributed by atoms with Crippen molar-refractivity contribution in [2.75, 3.05) is 26.7 Å². The highest BCUT2D eigenvalue weighted by molar-refractivity contribution is 5.97. The lowest BCUT2D eigenvalue weighted by atomic mass is 9.88. The highest BCUT2D eigenvalue weighted by atomic mass is 16.5. The molecule has 1 aliphatic heterocycles. The van der Waals surface area contributed by atoms with Crippen molar-refractivity contribution in [3.8, 4) is 17.7 Å². The summed E-state index contributed by atoms with van der Waals surface area (Å²) in [7, 11) is 1.84. The molecule has 0 spiro atoms. The van der Waals surface area contributed by atoms with Gasteiger partial charge in [-0.3, -0.25) is 9.59 Å². The summed E-state index contributed by atoms with van der Waals surface area (Å²) in [5, 5.41) is 9.89. The van der Waals surface area contributed by atoms with E-state index in [1.54, 1.807) is 22.1 Å². The molecule has 2 aromatic rings. The van der Waals surface area contributed by atoms with Gasteiger partial charge in [0.15, 0.2) is 0 Å². The molecular formula is C31H39N3O4. The Morgan fingerprint density at radius 1 is 1.24 bits per heavy atom. The van der Waals surface area contributed by atoms with E-state index in [-0.39, 0.29) is 48.3 Å². The standard InChI is InChI=1S/C31H39N3O4/c1-22-19-34(23(2)21-35)31(37)27-17-25(14-10-13-24-11-6-4-7-12-24)18-32-29(27)38-28(22)20-33(3)30(36)26-15-8-5-9-16-26/h4,6-7,11-12,17-18,22-23,26,28,35H,5,8-9,13,15-16,19-21H2,1-3H3/t22-,23-,28-/m1/s1. The normalized spacial score (nSPS) is 20.7. The number of pyridine rings is 1. The minimum Gasteiger partial charge on any atom is -0.472 e. The van der Waals surface area contributed by atoms with Crippen LogP contribution in [0.3, 0.4) is 0 Å². The Bertz CT molecular complexity index is 1170. The lowest BCUT2D eigenvalue weighted by Gasteiger charge is -2.38. The summed E-state index contributed by atoms with van der Waals surface area (Å²) in [6.45, 7) is 4.51. The van der Waals surface area contributed by atoms with Crippen LogP contribution in [0.25, 0.3) is 0 Å². The van der Waals surface area contributed by atoms with Gasteiger partial charge in [-0.25, -0.2) is 4.98 Å². The quantitative estimate of drug-likeness (QED) is 0.587. The van der Waals surface area contributed by atoms with Crippen LogP contribution in [0, 0.1) is 23.7 Å². The summed E-state index contributed by atoms with van der Waals surface area (Å²) in [6, 6.07) is 11.3. The molecule has 1 aromatic heterocycles. The first-order valence-corrected chi connectivity index (χ1v) is 13.7. The van der Waals surface area contributed by atoms with Crippen molar-refractivity contribution in [1.82, 2.24) is 14.8 Å². The zero-order valence-corrected chi connectivity index (χ0v) is 22.7. The molecule has 0 saturated heterocycles. The maximum atomic E-state index is 13.6. The number of fused-ring (bicyclic) bond motifs is 1. The van der Waals surface area contributed by atoms with Crippen LogP contribution in [0.2, 0.25) is 0 Å². The molecule has 38 heavy (non-hydrogen) atoms. The SMILES string of the molecule is C[C@@H]1CN([C@H](C)CO)C(=O)c2cc(C#CCc3ccccc3)cnc2O[C@@H]1CN(C)C(=O)C1CCCCC1. The molecule has 2 amide bonds. The van der Waals surface area contributed by atoms with Gasteiger partial charge in [-0.2, -0.15) is 0 Å². The van der Waals surface area contributed by atoms with E-state index in [0.29, 0.717) is 30.6 Å². The highest BCUT2D eigenvalue weighted by Crippen LogP contribution is 2.29. The van der Waals surface area contributed by atoms with Gasteiger partial charge in [0.05, 0.1) is 19.2 Å². The Balaban J connectivity index is 1.58. The summed E-state index contributed by atoms with van der Waals surface area (Å²) in [4.78, 5) is 34.7. The van der Waals surface area contributed by atoms with Crippen LogP contribution in [0.1, 0.15) is 67.4 Å². The van der Waals surface area contributed by atoms with Crippen LogP contribution < -0.4 is 4.74 Å². The van der Waals surface area contributed by atoms with E-state index in [9.17, 15) is 14.7 Å². The number of ether oxygens (including phenoxy) is 1. The highest BCUT2D eigenvalue weighted by Gasteiger charge is 2.35. The van der Waals surface area contributed by atoms with Crippen molar-refractivity contribution >= 4 is 11.8 Å². The maximum absolute atomic E-state index is 13.6. The number of amides is 2. The fourth-order valence-electron chi connectivity index (χ4n) is 5.25. The van der Waals surface area contributed by atoms with E-state index < -0.39 is 0 Å². The van der Waals surface area contributed by atoms with E-state index in [2.05, 4.69) is 16.8 Å². The van der Waals surface area contributed by atoms with Crippen molar-refractivity contribution in [2.45, 2.75) is 64.5 Å². The first-order chi connectivity index (χ1) is 18.4. The largest absolute Gasteiger partial charge is 0.472 e. The van der Waals surface area contributed by atoms with Gasteiger partial charge in [0.25, 0.3) is 5.91 Å². The first kappa shape index (κ1) is 27.7. The van der Waals surface area contributed by atoms with Gasteiger partial charge in [0.2, 0.25) is 11.8 Å². The van der Waals surface area contributed by atoms with E-state index in [0.717, 1.165) is 31.2 Å². The lowest BCUT2D eigenvalue weighted by Crippen LogP contribution is -2.51. The number of aromatic nitrogens is 1. The van der Waals surface area contributed by atoms with Gasteiger partial charge in [-0.1, -0.05) is 68.4 Å². The van der Waals surface area contributed by atoms with Crippen molar-refractivity contribution in [3.05, 3.63) is 59.3 Å². The third kappa shape index (κ3) is 6.73. The van der Waals surface area contributed by atoms with Crippen molar-refractivity contribution in [1.29, 1.82) is 0 Å². The van der Waals surface area contributed by atoms with Gasteiger partial charge in [-0.05, 0) is 31.4 Å². The fraction of sp³-hybridized carbons (Fsp3) is 0.516. The van der Waals surface area contributed by atoms with Crippen LogP contribution in [-0.2, 0) is 11.2 Å². The minimum absolute atomic E-state index is 0.0742. The molecule has 3 atom stereocenters. The van der Waals surface area contributed by atoms with Crippen LogP contribution in [0.5, 0.6) is 5.88 Å². The lowest BCUT2D eigenvalue weighted by molar-refractivity contribution is -0.136. The topological polar surface area (TPSA) is 83.0 Å². The summed E-state index contributed by atoms with van der Waals surface area (Å²) in [5.41, 5.74) is 2.07. The molecule has 1 saturated carbocycles. The second-order valence-corrected chi connectivity index (χ2v) is 10.7. The van der Waals surface area contributed by atoms with Crippen molar-refractivity contribution in [3.63, 3.8) is 0 Å². The van der Waals surface area contributed by atoms with Gasteiger partial charge in [0, 0.05) is 43.6 Å². The molecular weight excluding hydrogens is 478 g/mol. The van der Waals surface area contributed by atoms with E-state index >= 15 is 0 Å². The predicted molar refractivity (Wildman–Crippen MR) is 147 cm³/mol. The average molecular weight is 518 g/mol. The number of carbonyl (C=O) groups excluding carboxylic acids is 2. The zero-order chi connectivity index (χ0) is 27.1. The van der Waals surface area contributed by atoms with E-state index in [1.165, 1.54) is 6.42 Å². The molecule has 1 aromatic carbocycles. The second-order valence-electron chi connectivity index (χ2n) is 10.7. The van der Waals surface area contributed by atoms with Gasteiger partial charge in [-0.15, -0.1) is 0 Å². The van der Waals surface area contributed by atoms with Gasteiger partial charge in [0.1, 0.15) is 11.7 Å². The Kier molecular flexibility index (Phi) is 9.41. The molecule has 1 aliphatic carbocycles. The number of aliphatic hydroxyl groups excluding tert-OH is 1. The minimum atomic E-state index is -0.369. The Labute approximate surface area is 226 Å². The Morgan fingerprint density at radius 3 is 2.68 bits per heavy atom. The predicted octanol–water partition coefficient (Wildman–Crippen LogP) is 3.93. The van der Waals surface area contributed by atoms with Crippen molar-refractivity contribution in [2.24, 2.45) is 11.8 Å². The molecule has 7 heteroatoms. The van der Waals surface area contributed by atoms with Crippen LogP contribution in [0.4, 0.5) is 0 Å². The number of carbonyl (C=O) groups is 2. The smallest absolute Gasteiger partial charge is 0.259 e. The van der Waals surface area contributed by atoms with Gasteiger partial charge >= 0.3 is 0 Å². The number of nitrogens with zero attached hydrogens (tertiary/aromatic N) is 3. The van der Waals surface area contributed by atoms with Gasteiger partial charge < -0.3 is 19.6 Å². The second kappa shape index (κ2) is 12.9. The summed E-state index contributed by atoms with van der Waals surface area (Å²) in [5.74, 6) is 6.45. The number of aliphatic hydroxyl groups is 1. The molecule has 202 valence electrons. The summed E-state index contributed by atoms with van der Waals surface area (Å²) >= 11 is 0. The molecule has 2 heterocycles. The number of hydrogen-bond donors (Lipinski definition) is 1. The van der Waals surface area contributed by atoms with Crippen LogP contribution >= 0.6 is 0 Å². The average Bonchev–Trinajstić information content (AvgIpc) is 2.95. The molecule has 7 nitrogen and oxygen atoms in total. The molecule has 0 unspecified atom stereocenters. The number of hydrogen-bond acceptors (Lipinski definition) is 5. The molecule has 2 aliphatic rings. The summed E-state index contributed by atoms with van der Waals surface area (Å²) < 4.78 is 6.36. The zero-order valence-electron chi connectivity index (χ0n) is 22.7. The van der Waals surface area contributed by atoms with Crippen LogP contribution in [-0.4, -0.2) is 70.6 Å².